The number of hydrogen-bond acceptors (Lipinski definition) is 5. The Morgan fingerprint density at radius 2 is 2.20 bits per heavy atom. The summed E-state index contributed by atoms with van der Waals surface area (Å²) in [5, 5.41) is 5.64. The van der Waals surface area contributed by atoms with E-state index in [4.69, 9.17) is 0 Å². The Kier molecular flexibility index (Phi) is 4.62. The molecule has 0 saturated heterocycles. The Bertz CT molecular complexity index is 555. The lowest BCUT2D eigenvalue weighted by molar-refractivity contribution is 0.193. The summed E-state index contributed by atoms with van der Waals surface area (Å²) in [5.74, 6) is 0. The summed E-state index contributed by atoms with van der Waals surface area (Å²) in [5.41, 5.74) is 1.59. The maximum atomic E-state index is 12.1. The van der Waals surface area contributed by atoms with Gasteiger partial charge in [-0.25, -0.2) is 9.78 Å². The number of hydrogen-bond donors (Lipinski definition) is 1. The predicted molar refractivity (Wildman–Crippen MR) is 77.3 cm³/mol. The number of rotatable bonds is 4. The average molecular weight is 291 g/mol. The second-order valence-electron chi connectivity index (χ2n) is 4.47. The summed E-state index contributed by atoms with van der Waals surface area (Å²) >= 11 is 1.54. The van der Waals surface area contributed by atoms with Crippen LogP contribution in [0.25, 0.3) is 0 Å². The quantitative estimate of drug-likeness (QED) is 0.937. The molecule has 0 fully saturated rings. The van der Waals surface area contributed by atoms with Crippen LogP contribution in [0, 0.1) is 6.92 Å². The standard InChI is InChI=1S/C13H17N5OS/c1-9-6-16-11(7-15-9)8-17-13(19)18(3)10(2)12-14-4-5-20-12/h4-7,10H,8H2,1-3H3,(H,17,19)/t10-/m0/s1. The maximum absolute atomic E-state index is 12.1. The van der Waals surface area contributed by atoms with Gasteiger partial charge < -0.3 is 10.2 Å². The van der Waals surface area contributed by atoms with Crippen LogP contribution in [0.15, 0.2) is 24.0 Å². The van der Waals surface area contributed by atoms with E-state index in [9.17, 15) is 4.79 Å². The van der Waals surface area contributed by atoms with Gasteiger partial charge in [-0.1, -0.05) is 0 Å². The van der Waals surface area contributed by atoms with E-state index in [1.807, 2.05) is 19.2 Å². The van der Waals surface area contributed by atoms with Crippen molar-refractivity contribution in [3.8, 4) is 0 Å². The fourth-order valence-corrected chi connectivity index (χ4v) is 2.32. The number of thiazole rings is 1. The highest BCUT2D eigenvalue weighted by Crippen LogP contribution is 2.20. The Morgan fingerprint density at radius 1 is 1.40 bits per heavy atom. The molecule has 20 heavy (non-hydrogen) atoms. The summed E-state index contributed by atoms with van der Waals surface area (Å²) in [6.07, 6.45) is 5.09. The van der Waals surface area contributed by atoms with Gasteiger partial charge in [0.25, 0.3) is 0 Å². The molecule has 1 atom stereocenters. The molecule has 1 N–H and O–H groups in total. The van der Waals surface area contributed by atoms with Gasteiger partial charge in [0.1, 0.15) is 5.01 Å². The molecule has 0 aliphatic rings. The minimum atomic E-state index is -0.157. The van der Waals surface area contributed by atoms with Gasteiger partial charge in [0, 0.05) is 24.8 Å². The number of carbonyl (C=O) groups excluding carboxylic acids is 1. The molecule has 0 aromatic carbocycles. The van der Waals surface area contributed by atoms with Gasteiger partial charge in [-0.2, -0.15) is 0 Å². The van der Waals surface area contributed by atoms with Crippen LogP contribution in [0.3, 0.4) is 0 Å². The first kappa shape index (κ1) is 14.4. The lowest BCUT2D eigenvalue weighted by Crippen LogP contribution is -2.38. The van der Waals surface area contributed by atoms with Crippen molar-refractivity contribution >= 4 is 17.4 Å². The molecule has 2 rings (SSSR count). The Balaban J connectivity index is 1.89. The smallest absolute Gasteiger partial charge is 0.318 e. The van der Waals surface area contributed by atoms with Crippen LogP contribution >= 0.6 is 11.3 Å². The molecular weight excluding hydrogens is 274 g/mol. The van der Waals surface area contributed by atoms with Crippen molar-refractivity contribution in [3.63, 3.8) is 0 Å². The summed E-state index contributed by atoms with van der Waals surface area (Å²) in [7, 11) is 1.75. The molecule has 6 nitrogen and oxygen atoms in total. The van der Waals surface area contributed by atoms with Gasteiger partial charge in [-0.3, -0.25) is 9.97 Å². The normalized spacial score (nSPS) is 11.9. The van der Waals surface area contributed by atoms with E-state index in [0.717, 1.165) is 16.4 Å². The minimum absolute atomic E-state index is 0.0564. The second kappa shape index (κ2) is 6.42. The van der Waals surface area contributed by atoms with Crippen molar-refractivity contribution in [1.82, 2.24) is 25.2 Å². The van der Waals surface area contributed by atoms with E-state index in [1.54, 1.807) is 30.5 Å². The lowest BCUT2D eigenvalue weighted by Gasteiger charge is -2.23. The van der Waals surface area contributed by atoms with Crippen molar-refractivity contribution in [2.24, 2.45) is 0 Å². The first-order chi connectivity index (χ1) is 9.58. The average Bonchev–Trinajstić information content (AvgIpc) is 2.99. The van der Waals surface area contributed by atoms with Gasteiger partial charge in [0.15, 0.2) is 0 Å². The van der Waals surface area contributed by atoms with Crippen molar-refractivity contribution in [1.29, 1.82) is 0 Å². The van der Waals surface area contributed by atoms with E-state index in [-0.39, 0.29) is 12.1 Å². The third kappa shape index (κ3) is 3.51. The predicted octanol–water partition coefficient (Wildman–Crippen LogP) is 2.14. The van der Waals surface area contributed by atoms with Crippen LogP contribution in [0.4, 0.5) is 4.79 Å². The van der Waals surface area contributed by atoms with E-state index in [2.05, 4.69) is 20.3 Å². The van der Waals surface area contributed by atoms with Crippen molar-refractivity contribution in [2.45, 2.75) is 26.4 Å². The fraction of sp³-hybridized carbons (Fsp3) is 0.385. The second-order valence-corrected chi connectivity index (χ2v) is 5.39. The molecule has 0 spiro atoms. The molecule has 106 valence electrons. The Labute approximate surface area is 121 Å². The summed E-state index contributed by atoms with van der Waals surface area (Å²) in [6.45, 7) is 4.18. The summed E-state index contributed by atoms with van der Waals surface area (Å²) in [4.78, 5) is 26.3. The molecule has 0 saturated carbocycles. The first-order valence-corrected chi connectivity index (χ1v) is 7.13. The van der Waals surface area contributed by atoms with E-state index in [1.165, 1.54) is 11.3 Å². The zero-order chi connectivity index (χ0) is 14.5. The van der Waals surface area contributed by atoms with Gasteiger partial charge >= 0.3 is 6.03 Å². The molecule has 0 radical (unpaired) electrons. The van der Waals surface area contributed by atoms with Crippen LogP contribution in [0.5, 0.6) is 0 Å². The fourth-order valence-electron chi connectivity index (χ4n) is 1.58. The monoisotopic (exact) mass is 291 g/mol. The van der Waals surface area contributed by atoms with E-state index >= 15 is 0 Å². The number of urea groups is 1. The van der Waals surface area contributed by atoms with Crippen molar-refractivity contribution in [2.75, 3.05) is 7.05 Å². The third-order valence-electron chi connectivity index (χ3n) is 2.97. The Hall–Kier alpha value is -2.02. The molecule has 7 heteroatoms. The highest BCUT2D eigenvalue weighted by atomic mass is 32.1. The topological polar surface area (TPSA) is 71.0 Å². The number of aryl methyl sites for hydroxylation is 1. The van der Waals surface area contributed by atoms with Crippen LogP contribution in [0.2, 0.25) is 0 Å². The molecule has 2 heterocycles. The first-order valence-electron chi connectivity index (χ1n) is 6.25. The van der Waals surface area contributed by atoms with Gasteiger partial charge in [-0.15, -0.1) is 11.3 Å². The number of amides is 2. The molecular formula is C13H17N5OS. The molecule has 0 aliphatic heterocycles. The Morgan fingerprint density at radius 3 is 2.80 bits per heavy atom. The summed E-state index contributed by atoms with van der Waals surface area (Å²) < 4.78 is 0. The van der Waals surface area contributed by atoms with Gasteiger partial charge in [0.2, 0.25) is 0 Å². The lowest BCUT2D eigenvalue weighted by atomic mass is 10.3. The number of nitrogens with zero attached hydrogens (tertiary/aromatic N) is 4. The molecule has 0 bridgehead atoms. The number of aromatic nitrogens is 3. The molecule has 2 aromatic heterocycles. The number of carbonyl (C=O) groups is 1. The number of nitrogens with one attached hydrogen (secondary N) is 1. The van der Waals surface area contributed by atoms with Crippen molar-refractivity contribution in [3.05, 3.63) is 40.4 Å². The maximum Gasteiger partial charge on any atom is 0.318 e. The molecule has 2 aromatic rings. The van der Waals surface area contributed by atoms with Crippen LogP contribution < -0.4 is 5.32 Å². The van der Waals surface area contributed by atoms with E-state index in [0.29, 0.717) is 6.54 Å². The minimum Gasteiger partial charge on any atom is -0.332 e. The highest BCUT2D eigenvalue weighted by Gasteiger charge is 2.18. The van der Waals surface area contributed by atoms with Crippen LogP contribution in [-0.4, -0.2) is 32.9 Å². The third-order valence-corrected chi connectivity index (χ3v) is 3.91. The molecule has 2 amide bonds. The summed E-state index contributed by atoms with van der Waals surface area (Å²) in [6, 6.07) is -0.214. The van der Waals surface area contributed by atoms with Crippen molar-refractivity contribution < 1.29 is 4.79 Å². The molecule has 0 aliphatic carbocycles. The van der Waals surface area contributed by atoms with Gasteiger partial charge in [0.05, 0.1) is 30.2 Å². The van der Waals surface area contributed by atoms with Crippen LogP contribution in [0.1, 0.15) is 29.4 Å². The van der Waals surface area contributed by atoms with E-state index < -0.39 is 0 Å². The highest BCUT2D eigenvalue weighted by molar-refractivity contribution is 7.09. The molecule has 0 unspecified atom stereocenters. The SMILES string of the molecule is Cc1cnc(CNC(=O)N(C)[C@@H](C)c2nccs2)cn1. The largest absolute Gasteiger partial charge is 0.332 e. The van der Waals surface area contributed by atoms with Gasteiger partial charge in [-0.05, 0) is 13.8 Å². The zero-order valence-corrected chi connectivity index (χ0v) is 12.5. The van der Waals surface area contributed by atoms with Crippen LogP contribution in [-0.2, 0) is 6.54 Å². The zero-order valence-electron chi connectivity index (χ0n) is 11.7.